The molecular formula is C17H22N4O2S. The summed E-state index contributed by atoms with van der Waals surface area (Å²) in [6.45, 7) is 2.83. The summed E-state index contributed by atoms with van der Waals surface area (Å²) in [5.74, 6) is 1.54. The maximum Gasteiger partial charge on any atom is 0.215 e. The van der Waals surface area contributed by atoms with E-state index in [1.54, 1.807) is 0 Å². The van der Waals surface area contributed by atoms with Crippen LogP contribution in [-0.2, 0) is 35.8 Å². The molecule has 0 unspecified atom stereocenters. The van der Waals surface area contributed by atoms with Gasteiger partial charge in [-0.1, -0.05) is 31.2 Å². The van der Waals surface area contributed by atoms with Crippen LogP contribution >= 0.6 is 0 Å². The van der Waals surface area contributed by atoms with E-state index < -0.39 is 10.0 Å². The largest absolute Gasteiger partial charge is 0.248 e. The Morgan fingerprint density at radius 3 is 2.62 bits per heavy atom. The monoisotopic (exact) mass is 346 g/mol. The van der Waals surface area contributed by atoms with Crippen LogP contribution < -0.4 is 4.72 Å². The summed E-state index contributed by atoms with van der Waals surface area (Å²) in [6, 6.07) is 7.72. The molecule has 0 saturated heterocycles. The van der Waals surface area contributed by atoms with Gasteiger partial charge in [-0.3, -0.25) is 0 Å². The summed E-state index contributed by atoms with van der Waals surface area (Å²) in [7, 11) is -3.40. The van der Waals surface area contributed by atoms with Crippen molar-refractivity contribution in [3.05, 3.63) is 47.0 Å². The average Bonchev–Trinajstić information content (AvgIpc) is 3.19. The van der Waals surface area contributed by atoms with E-state index >= 15 is 0 Å². The maximum absolute atomic E-state index is 12.9. The van der Waals surface area contributed by atoms with Crippen molar-refractivity contribution in [2.24, 2.45) is 0 Å². The van der Waals surface area contributed by atoms with E-state index in [1.807, 2.05) is 35.9 Å². The minimum Gasteiger partial charge on any atom is -0.248 e. The zero-order chi connectivity index (χ0) is 16.7. The Labute approximate surface area is 142 Å². The summed E-state index contributed by atoms with van der Waals surface area (Å²) < 4.78 is 30.5. The summed E-state index contributed by atoms with van der Waals surface area (Å²) >= 11 is 0. The molecule has 2 heterocycles. The van der Waals surface area contributed by atoms with Gasteiger partial charge in [0.05, 0.1) is 11.3 Å². The van der Waals surface area contributed by atoms with Gasteiger partial charge in [0.1, 0.15) is 5.82 Å². The lowest BCUT2D eigenvalue weighted by molar-refractivity contribution is 0.398. The van der Waals surface area contributed by atoms with E-state index in [-0.39, 0.29) is 11.3 Å². The van der Waals surface area contributed by atoms with Gasteiger partial charge in [0.25, 0.3) is 0 Å². The molecule has 2 aliphatic rings. The standard InChI is InChI=1S/C17H22N4O2S/c1-2-16-18-17-15(8-5-9-21(17)19-16)20-24(22,23)14-10-12-6-3-4-7-13(12)11-14/h3-4,6-7,14-15,20H,2,5,8-11H2,1H3/t15-/m0/s1. The topological polar surface area (TPSA) is 76.9 Å². The molecule has 1 aliphatic carbocycles. The number of nitrogens with zero attached hydrogens (tertiary/aromatic N) is 3. The molecule has 0 radical (unpaired) electrons. The predicted molar refractivity (Wildman–Crippen MR) is 91.1 cm³/mol. The molecule has 0 fully saturated rings. The average molecular weight is 346 g/mol. The Morgan fingerprint density at radius 1 is 1.25 bits per heavy atom. The van der Waals surface area contributed by atoms with Gasteiger partial charge >= 0.3 is 0 Å². The molecule has 1 N–H and O–H groups in total. The van der Waals surface area contributed by atoms with Gasteiger partial charge in [-0.25, -0.2) is 22.8 Å². The third-order valence-electron chi connectivity index (χ3n) is 4.99. The smallest absolute Gasteiger partial charge is 0.215 e. The second kappa shape index (κ2) is 5.97. The number of hydrogen-bond acceptors (Lipinski definition) is 4. The van der Waals surface area contributed by atoms with Crippen LogP contribution in [0.3, 0.4) is 0 Å². The van der Waals surface area contributed by atoms with Gasteiger partial charge < -0.3 is 0 Å². The number of sulfonamides is 1. The molecule has 0 amide bonds. The van der Waals surface area contributed by atoms with E-state index in [0.717, 1.165) is 48.6 Å². The Hall–Kier alpha value is -1.73. The van der Waals surface area contributed by atoms with Crippen molar-refractivity contribution < 1.29 is 8.42 Å². The number of rotatable bonds is 4. The normalized spacial score (nSPS) is 20.8. The Morgan fingerprint density at radius 2 is 1.96 bits per heavy atom. The van der Waals surface area contributed by atoms with Crippen molar-refractivity contribution >= 4 is 10.0 Å². The highest BCUT2D eigenvalue weighted by Crippen LogP contribution is 2.29. The fraction of sp³-hybridized carbons (Fsp3) is 0.529. The van der Waals surface area contributed by atoms with Crippen LogP contribution in [0.4, 0.5) is 0 Å². The van der Waals surface area contributed by atoms with Crippen molar-refractivity contribution in [1.82, 2.24) is 19.5 Å². The predicted octanol–water partition coefficient (Wildman–Crippen LogP) is 1.76. The van der Waals surface area contributed by atoms with E-state index in [2.05, 4.69) is 14.8 Å². The lowest BCUT2D eigenvalue weighted by Gasteiger charge is -2.24. The molecule has 4 rings (SSSR count). The lowest BCUT2D eigenvalue weighted by Crippen LogP contribution is -2.39. The van der Waals surface area contributed by atoms with E-state index in [0.29, 0.717) is 12.8 Å². The molecule has 0 bridgehead atoms. The zero-order valence-electron chi connectivity index (χ0n) is 13.8. The second-order valence-corrected chi connectivity index (χ2v) is 8.61. The Bertz CT molecular complexity index is 834. The van der Waals surface area contributed by atoms with Crippen LogP contribution in [0.25, 0.3) is 0 Å². The molecule has 6 nitrogen and oxygen atoms in total. The van der Waals surface area contributed by atoms with Crippen LogP contribution in [-0.4, -0.2) is 28.4 Å². The van der Waals surface area contributed by atoms with Crippen LogP contribution in [0, 0.1) is 0 Å². The first-order chi connectivity index (χ1) is 11.6. The molecule has 1 aromatic carbocycles. The lowest BCUT2D eigenvalue weighted by atomic mass is 10.1. The van der Waals surface area contributed by atoms with Gasteiger partial charge in [0, 0.05) is 13.0 Å². The molecule has 1 atom stereocenters. The van der Waals surface area contributed by atoms with Crippen molar-refractivity contribution in [2.75, 3.05) is 0 Å². The van der Waals surface area contributed by atoms with Gasteiger partial charge in [0.2, 0.25) is 10.0 Å². The number of benzene rings is 1. The third kappa shape index (κ3) is 2.75. The Balaban J connectivity index is 1.55. The first-order valence-electron chi connectivity index (χ1n) is 8.58. The van der Waals surface area contributed by atoms with Gasteiger partial charge in [-0.05, 0) is 36.8 Å². The minimum atomic E-state index is -3.40. The summed E-state index contributed by atoms with van der Waals surface area (Å²) in [4.78, 5) is 4.53. The van der Waals surface area contributed by atoms with Crippen molar-refractivity contribution in [3.63, 3.8) is 0 Å². The van der Waals surface area contributed by atoms with Crippen LogP contribution in [0.2, 0.25) is 0 Å². The second-order valence-electron chi connectivity index (χ2n) is 6.62. The molecular weight excluding hydrogens is 324 g/mol. The number of aryl methyl sites for hydroxylation is 2. The number of hydrogen-bond donors (Lipinski definition) is 1. The summed E-state index contributed by atoms with van der Waals surface area (Å²) in [6.07, 6.45) is 3.63. The van der Waals surface area contributed by atoms with E-state index in [4.69, 9.17) is 0 Å². The number of aromatic nitrogens is 3. The molecule has 1 aliphatic heterocycles. The fourth-order valence-electron chi connectivity index (χ4n) is 3.69. The number of fused-ring (bicyclic) bond motifs is 2. The highest BCUT2D eigenvalue weighted by Gasteiger charge is 2.35. The first kappa shape index (κ1) is 15.8. The molecule has 0 saturated carbocycles. The quantitative estimate of drug-likeness (QED) is 0.915. The van der Waals surface area contributed by atoms with Crippen LogP contribution in [0.15, 0.2) is 24.3 Å². The molecule has 2 aromatic rings. The molecule has 1 aromatic heterocycles. The SMILES string of the molecule is CCc1nc2n(n1)CCC[C@@H]2NS(=O)(=O)C1Cc2ccccc2C1. The molecule has 128 valence electrons. The zero-order valence-corrected chi connectivity index (χ0v) is 14.6. The fourth-order valence-corrected chi connectivity index (χ4v) is 5.30. The van der Waals surface area contributed by atoms with Gasteiger partial charge in [0.15, 0.2) is 5.82 Å². The Kier molecular flexibility index (Phi) is 3.92. The number of nitrogens with one attached hydrogen (secondary N) is 1. The van der Waals surface area contributed by atoms with Crippen LogP contribution in [0.1, 0.15) is 48.6 Å². The molecule has 0 spiro atoms. The minimum absolute atomic E-state index is 0.264. The highest BCUT2D eigenvalue weighted by atomic mass is 32.2. The molecule has 7 heteroatoms. The van der Waals surface area contributed by atoms with Crippen molar-refractivity contribution in [2.45, 2.75) is 56.9 Å². The van der Waals surface area contributed by atoms with Gasteiger partial charge in [-0.15, -0.1) is 0 Å². The van der Waals surface area contributed by atoms with E-state index in [1.165, 1.54) is 0 Å². The van der Waals surface area contributed by atoms with E-state index in [9.17, 15) is 8.42 Å². The van der Waals surface area contributed by atoms with Crippen LogP contribution in [0.5, 0.6) is 0 Å². The maximum atomic E-state index is 12.9. The third-order valence-corrected chi connectivity index (χ3v) is 6.82. The first-order valence-corrected chi connectivity index (χ1v) is 10.1. The summed E-state index contributed by atoms with van der Waals surface area (Å²) in [5, 5.41) is 4.06. The molecule has 24 heavy (non-hydrogen) atoms. The van der Waals surface area contributed by atoms with Crippen molar-refractivity contribution in [3.8, 4) is 0 Å². The van der Waals surface area contributed by atoms with Gasteiger partial charge in [-0.2, -0.15) is 5.10 Å². The van der Waals surface area contributed by atoms with Crippen molar-refractivity contribution in [1.29, 1.82) is 0 Å². The summed E-state index contributed by atoms with van der Waals surface area (Å²) in [5.41, 5.74) is 2.29. The highest BCUT2D eigenvalue weighted by molar-refractivity contribution is 7.90.